The van der Waals surface area contributed by atoms with Crippen LogP contribution in [0.25, 0.3) is 0 Å². The van der Waals surface area contributed by atoms with E-state index in [0.717, 1.165) is 60.9 Å². The number of aryl methyl sites for hydroxylation is 1. The van der Waals surface area contributed by atoms with Gasteiger partial charge < -0.3 is 23.4 Å². The molecule has 1 aromatic carbocycles. The van der Waals surface area contributed by atoms with E-state index in [1.165, 1.54) is 24.0 Å². The summed E-state index contributed by atoms with van der Waals surface area (Å²) in [5, 5.41) is 0. The first-order valence-electron chi connectivity index (χ1n) is 14.5. The van der Waals surface area contributed by atoms with Gasteiger partial charge in [-0.15, -0.1) is 0 Å². The Morgan fingerprint density at radius 3 is 1.95 bits per heavy atom. The number of unbranched alkanes of at least 4 members (excludes halogenated alkanes) is 2. The summed E-state index contributed by atoms with van der Waals surface area (Å²) in [4.78, 5) is 0. The number of hydrogen-bond acceptors (Lipinski definition) is 5. The standard InChI is InChI=1S/C31H54O5Si/c1-10-14-15-16-25-20-28(34-22-32-8)30(29(21-25)35-23-33-9)26-19-24(5)17-18-27(26)31(6,7)36-37(11-2,12-3)13-4/h19-21,26-27H,10-18,22-23H2,1-9H3/t26-,27-/m1/s1. The first-order valence-corrected chi connectivity index (χ1v) is 17.0. The molecule has 1 aromatic rings. The Balaban J connectivity index is 2.63. The quantitative estimate of drug-likeness (QED) is 0.0866. The maximum absolute atomic E-state index is 7.21. The molecule has 2 atom stereocenters. The van der Waals surface area contributed by atoms with Crippen molar-refractivity contribution < 1.29 is 23.4 Å². The van der Waals surface area contributed by atoms with E-state index in [1.54, 1.807) is 14.2 Å². The molecule has 1 aliphatic rings. The van der Waals surface area contributed by atoms with Crippen LogP contribution in [0.15, 0.2) is 23.8 Å². The Hall–Kier alpha value is -1.34. The highest BCUT2D eigenvalue weighted by atomic mass is 28.4. The molecule has 0 saturated carbocycles. The summed E-state index contributed by atoms with van der Waals surface area (Å²) in [6.45, 7) is 16.4. The van der Waals surface area contributed by atoms with Gasteiger partial charge in [-0.3, -0.25) is 0 Å². The monoisotopic (exact) mass is 534 g/mol. The third-order valence-electron chi connectivity index (χ3n) is 8.28. The fraction of sp³-hybridized carbons (Fsp3) is 0.742. The fourth-order valence-electron chi connectivity index (χ4n) is 5.92. The summed E-state index contributed by atoms with van der Waals surface area (Å²) in [6.07, 6.45) is 9.14. The maximum atomic E-state index is 7.21. The van der Waals surface area contributed by atoms with Gasteiger partial charge in [0.2, 0.25) is 0 Å². The summed E-state index contributed by atoms with van der Waals surface area (Å²) < 4.78 is 30.4. The minimum absolute atomic E-state index is 0.115. The average Bonchev–Trinajstić information content (AvgIpc) is 2.89. The van der Waals surface area contributed by atoms with Gasteiger partial charge in [-0.1, -0.05) is 52.2 Å². The van der Waals surface area contributed by atoms with Gasteiger partial charge in [-0.05, 0) is 88.2 Å². The lowest BCUT2D eigenvalue weighted by atomic mass is 9.69. The minimum atomic E-state index is -1.80. The van der Waals surface area contributed by atoms with Gasteiger partial charge in [0.15, 0.2) is 21.9 Å². The van der Waals surface area contributed by atoms with E-state index in [0.29, 0.717) is 5.92 Å². The first kappa shape index (κ1) is 31.9. The zero-order valence-electron chi connectivity index (χ0n) is 25.2. The Kier molecular flexibility index (Phi) is 13.2. The smallest absolute Gasteiger partial charge is 0.192 e. The van der Waals surface area contributed by atoms with Gasteiger partial charge in [-0.25, -0.2) is 0 Å². The second-order valence-electron chi connectivity index (χ2n) is 11.2. The third-order valence-corrected chi connectivity index (χ3v) is 13.1. The molecule has 0 bridgehead atoms. The van der Waals surface area contributed by atoms with E-state index in [-0.39, 0.29) is 25.1 Å². The second-order valence-corrected chi connectivity index (χ2v) is 15.9. The molecule has 0 radical (unpaired) electrons. The first-order chi connectivity index (χ1) is 17.7. The van der Waals surface area contributed by atoms with Crippen LogP contribution >= 0.6 is 0 Å². The SMILES string of the molecule is CCCCCc1cc(OCOC)c([C@@H]2C=C(C)CC[C@H]2C(C)(C)O[Si](CC)(CC)CC)c(OCOC)c1. The molecule has 0 spiro atoms. The molecular weight excluding hydrogens is 480 g/mol. The minimum Gasteiger partial charge on any atom is -0.467 e. The molecule has 2 rings (SSSR count). The largest absolute Gasteiger partial charge is 0.467 e. The number of allylic oxidation sites excluding steroid dienone is 2. The van der Waals surface area contributed by atoms with Crippen molar-refractivity contribution >= 4 is 8.32 Å². The molecule has 212 valence electrons. The van der Waals surface area contributed by atoms with Crippen LogP contribution in [0.3, 0.4) is 0 Å². The predicted octanol–water partition coefficient (Wildman–Crippen LogP) is 8.63. The van der Waals surface area contributed by atoms with Crippen LogP contribution in [-0.4, -0.2) is 41.7 Å². The van der Waals surface area contributed by atoms with Crippen LogP contribution in [0.2, 0.25) is 18.1 Å². The summed E-state index contributed by atoms with van der Waals surface area (Å²) in [6, 6.07) is 7.84. The van der Waals surface area contributed by atoms with Crippen LogP contribution in [0, 0.1) is 5.92 Å². The maximum Gasteiger partial charge on any atom is 0.192 e. The van der Waals surface area contributed by atoms with Crippen LogP contribution in [0.5, 0.6) is 11.5 Å². The highest BCUT2D eigenvalue weighted by Gasteiger charge is 2.44. The van der Waals surface area contributed by atoms with E-state index in [2.05, 4.69) is 66.7 Å². The van der Waals surface area contributed by atoms with Gasteiger partial charge in [0.1, 0.15) is 11.5 Å². The molecule has 6 heteroatoms. The third kappa shape index (κ3) is 8.57. The van der Waals surface area contributed by atoms with Crippen molar-refractivity contribution in [1.82, 2.24) is 0 Å². The molecule has 0 heterocycles. The Bertz CT molecular complexity index is 809. The lowest BCUT2D eigenvalue weighted by Gasteiger charge is -2.47. The van der Waals surface area contributed by atoms with Crippen molar-refractivity contribution in [1.29, 1.82) is 0 Å². The Morgan fingerprint density at radius 2 is 1.46 bits per heavy atom. The van der Waals surface area contributed by atoms with Crippen molar-refractivity contribution in [2.45, 2.75) is 117 Å². The summed E-state index contributed by atoms with van der Waals surface area (Å²) in [5.41, 5.74) is 3.45. The molecule has 0 aliphatic heterocycles. The van der Waals surface area contributed by atoms with E-state index in [9.17, 15) is 0 Å². The normalized spacial score (nSPS) is 18.6. The zero-order chi connectivity index (χ0) is 27.5. The van der Waals surface area contributed by atoms with Gasteiger partial charge >= 0.3 is 0 Å². The highest BCUT2D eigenvalue weighted by Crippen LogP contribution is 2.50. The molecule has 0 N–H and O–H groups in total. The number of ether oxygens (including phenoxy) is 4. The molecule has 37 heavy (non-hydrogen) atoms. The average molecular weight is 535 g/mol. The molecule has 0 saturated heterocycles. The van der Waals surface area contributed by atoms with Crippen molar-refractivity contribution in [2.75, 3.05) is 27.8 Å². The van der Waals surface area contributed by atoms with Crippen LogP contribution < -0.4 is 9.47 Å². The molecule has 0 amide bonds. The van der Waals surface area contributed by atoms with Gasteiger partial charge in [0.05, 0.1) is 5.60 Å². The van der Waals surface area contributed by atoms with Crippen molar-refractivity contribution in [3.63, 3.8) is 0 Å². The highest BCUT2D eigenvalue weighted by molar-refractivity contribution is 6.73. The molecule has 0 fully saturated rings. The number of methoxy groups -OCH3 is 2. The Labute approximate surface area is 228 Å². The van der Waals surface area contributed by atoms with Crippen LogP contribution in [-0.2, 0) is 20.3 Å². The Morgan fingerprint density at radius 1 is 0.892 bits per heavy atom. The van der Waals surface area contributed by atoms with Crippen LogP contribution in [0.1, 0.15) is 97.6 Å². The van der Waals surface area contributed by atoms with Crippen molar-refractivity contribution in [3.05, 3.63) is 34.9 Å². The lowest BCUT2D eigenvalue weighted by molar-refractivity contribution is 0.0151. The van der Waals surface area contributed by atoms with Crippen molar-refractivity contribution in [2.24, 2.45) is 5.92 Å². The lowest BCUT2D eigenvalue weighted by Crippen LogP contribution is -2.49. The molecule has 1 aliphatic carbocycles. The topological polar surface area (TPSA) is 46.2 Å². The summed E-state index contributed by atoms with van der Waals surface area (Å²) in [7, 11) is 1.53. The molecular formula is C31H54O5Si. The van der Waals surface area contributed by atoms with E-state index in [1.807, 2.05) is 0 Å². The number of rotatable bonds is 17. The van der Waals surface area contributed by atoms with E-state index >= 15 is 0 Å². The van der Waals surface area contributed by atoms with E-state index < -0.39 is 8.32 Å². The number of benzene rings is 1. The second kappa shape index (κ2) is 15.3. The van der Waals surface area contributed by atoms with Crippen molar-refractivity contribution in [3.8, 4) is 11.5 Å². The van der Waals surface area contributed by atoms with Gasteiger partial charge in [0.25, 0.3) is 0 Å². The van der Waals surface area contributed by atoms with Gasteiger partial charge in [0, 0.05) is 25.7 Å². The van der Waals surface area contributed by atoms with E-state index in [4.69, 9.17) is 23.4 Å². The molecule has 0 unspecified atom stereocenters. The molecule has 5 nitrogen and oxygen atoms in total. The fourth-order valence-corrected chi connectivity index (χ4v) is 9.12. The molecule has 0 aromatic heterocycles. The van der Waals surface area contributed by atoms with Crippen LogP contribution in [0.4, 0.5) is 0 Å². The zero-order valence-corrected chi connectivity index (χ0v) is 26.2. The summed E-state index contributed by atoms with van der Waals surface area (Å²) >= 11 is 0. The van der Waals surface area contributed by atoms with Gasteiger partial charge in [-0.2, -0.15) is 0 Å². The predicted molar refractivity (Wildman–Crippen MR) is 156 cm³/mol. The summed E-state index contributed by atoms with van der Waals surface area (Å²) in [5.74, 6) is 2.12. The number of hydrogen-bond donors (Lipinski definition) is 0.